The number of aromatic nitrogens is 2. The van der Waals surface area contributed by atoms with Gasteiger partial charge in [0.25, 0.3) is 11.8 Å². The van der Waals surface area contributed by atoms with Gasteiger partial charge in [0.2, 0.25) is 11.8 Å². The molecule has 1 aromatic heterocycles. The summed E-state index contributed by atoms with van der Waals surface area (Å²) >= 11 is 0. The van der Waals surface area contributed by atoms with Crippen molar-refractivity contribution in [2.45, 2.75) is 44.0 Å². The molecule has 5 aliphatic rings. The summed E-state index contributed by atoms with van der Waals surface area (Å²) in [6, 6.07) is 12.2. The first-order valence-electron chi connectivity index (χ1n) is 18.4. The fraction of sp³-hybridized carbons (Fsp3) is 0.432. The summed E-state index contributed by atoms with van der Waals surface area (Å²) in [6.07, 6.45) is 2.32. The van der Waals surface area contributed by atoms with Gasteiger partial charge in [-0.25, -0.2) is 14.8 Å². The van der Waals surface area contributed by atoms with E-state index in [1.54, 1.807) is 23.2 Å². The molecule has 0 aliphatic carbocycles. The van der Waals surface area contributed by atoms with Crippen molar-refractivity contribution in [2.75, 3.05) is 79.4 Å². The predicted molar refractivity (Wildman–Crippen MR) is 198 cm³/mol. The number of nitrogens with one attached hydrogen (secondary N) is 2. The number of anilines is 5. The Balaban J connectivity index is 0.901. The Morgan fingerprint density at radius 3 is 2.24 bits per heavy atom. The zero-order valence-corrected chi connectivity index (χ0v) is 30.0. The van der Waals surface area contributed by atoms with Gasteiger partial charge in [-0.2, -0.15) is 0 Å². The molecule has 17 heteroatoms. The topological polar surface area (TPSA) is 201 Å². The number of hydrogen-bond acceptors (Lipinski definition) is 13. The molecule has 0 spiro atoms. The SMILES string of the molecule is CN1CCN([C@@H]2CCCN(c3cnc(C(N)O)c(Nc4ccc(N5CCN(c6ccc7c(c6)C(=O)N(C6CCC(=O)NC6=O)C7=O)CC5)cc4)n3)C2)C1=O. The van der Waals surface area contributed by atoms with E-state index in [0.717, 1.165) is 47.9 Å². The van der Waals surface area contributed by atoms with Crippen LogP contribution in [0.5, 0.6) is 0 Å². The van der Waals surface area contributed by atoms with Gasteiger partial charge in [-0.1, -0.05) is 0 Å². The molecule has 3 atom stereocenters. The molecule has 54 heavy (non-hydrogen) atoms. The molecule has 6 heterocycles. The largest absolute Gasteiger partial charge is 0.373 e. The molecule has 4 fully saturated rings. The van der Waals surface area contributed by atoms with Crippen LogP contribution in [0.25, 0.3) is 0 Å². The molecular weight excluding hydrogens is 694 g/mol. The molecule has 0 saturated carbocycles. The number of carbonyl (C=O) groups is 5. The van der Waals surface area contributed by atoms with E-state index in [0.29, 0.717) is 50.9 Å². The normalized spacial score (nSPS) is 22.6. The number of imide groups is 2. The van der Waals surface area contributed by atoms with E-state index >= 15 is 0 Å². The van der Waals surface area contributed by atoms with Crippen LogP contribution >= 0.6 is 0 Å². The first-order valence-corrected chi connectivity index (χ1v) is 18.4. The zero-order valence-electron chi connectivity index (χ0n) is 30.0. The third kappa shape index (κ3) is 6.53. The van der Waals surface area contributed by atoms with Gasteiger partial charge in [0.15, 0.2) is 5.82 Å². The van der Waals surface area contributed by atoms with E-state index in [-0.39, 0.29) is 41.7 Å². The highest BCUT2D eigenvalue weighted by Gasteiger charge is 2.45. The summed E-state index contributed by atoms with van der Waals surface area (Å²) in [5.41, 5.74) is 9.21. The van der Waals surface area contributed by atoms with Gasteiger partial charge >= 0.3 is 6.03 Å². The standard InChI is InChI=1S/C37H43N11O6/c1-43-13-18-47(37(43)54)25-3-2-12-46(21-25)29-20-39-31(32(38)50)33(41-29)40-22-4-6-23(7-5-22)44-14-16-45(17-15-44)24-8-9-26-27(19-24)36(53)48(35(26)52)28-10-11-30(49)42-34(28)51/h4-9,19-20,25,28,32,50H,2-3,10-18,21,38H2,1H3,(H,40,41)(H,42,49,51)/t25-,28?,32?/m1/s1. The molecule has 5 aliphatic heterocycles. The molecule has 282 valence electrons. The fourth-order valence-electron chi connectivity index (χ4n) is 8.05. The Morgan fingerprint density at radius 1 is 0.852 bits per heavy atom. The number of aliphatic hydroxyl groups is 1. The van der Waals surface area contributed by atoms with Crippen LogP contribution in [-0.4, -0.2) is 131 Å². The minimum absolute atomic E-state index is 0.0549. The highest BCUT2D eigenvalue weighted by molar-refractivity contribution is 6.23. The first kappa shape index (κ1) is 35.2. The van der Waals surface area contributed by atoms with Crippen LogP contribution in [0.4, 0.5) is 33.5 Å². The summed E-state index contributed by atoms with van der Waals surface area (Å²) < 4.78 is 0. The number of amides is 6. The van der Waals surface area contributed by atoms with E-state index in [1.165, 1.54) is 0 Å². The van der Waals surface area contributed by atoms with Crippen LogP contribution in [0.2, 0.25) is 0 Å². The summed E-state index contributed by atoms with van der Waals surface area (Å²) in [5.74, 6) is -1.07. The van der Waals surface area contributed by atoms with Crippen molar-refractivity contribution in [2.24, 2.45) is 5.73 Å². The number of nitrogens with zero attached hydrogens (tertiary/aromatic N) is 8. The van der Waals surface area contributed by atoms with Gasteiger partial charge < -0.3 is 40.7 Å². The third-order valence-corrected chi connectivity index (χ3v) is 11.0. The summed E-state index contributed by atoms with van der Waals surface area (Å²) in [7, 11) is 1.82. The number of benzene rings is 2. The molecule has 5 N–H and O–H groups in total. The van der Waals surface area contributed by atoms with Crippen LogP contribution in [0.15, 0.2) is 48.7 Å². The van der Waals surface area contributed by atoms with E-state index in [1.807, 2.05) is 42.3 Å². The number of urea groups is 1. The molecule has 17 nitrogen and oxygen atoms in total. The monoisotopic (exact) mass is 737 g/mol. The van der Waals surface area contributed by atoms with Crippen LogP contribution in [0.1, 0.15) is 58.3 Å². The minimum atomic E-state index is -1.33. The Hall–Kier alpha value is -5.81. The van der Waals surface area contributed by atoms with Gasteiger partial charge in [0, 0.05) is 82.9 Å². The van der Waals surface area contributed by atoms with Gasteiger partial charge in [-0.05, 0) is 61.7 Å². The van der Waals surface area contributed by atoms with Crippen molar-refractivity contribution in [3.05, 3.63) is 65.5 Å². The fourth-order valence-corrected chi connectivity index (χ4v) is 8.05. The number of hydrogen-bond donors (Lipinski definition) is 4. The van der Waals surface area contributed by atoms with Crippen molar-refractivity contribution >= 4 is 58.4 Å². The van der Waals surface area contributed by atoms with E-state index in [9.17, 15) is 29.1 Å². The quantitative estimate of drug-likeness (QED) is 0.190. The van der Waals surface area contributed by atoms with Gasteiger partial charge in [0.1, 0.15) is 23.8 Å². The molecule has 2 unspecified atom stereocenters. The summed E-state index contributed by atoms with van der Waals surface area (Å²) in [4.78, 5) is 83.7. The number of rotatable bonds is 8. The van der Waals surface area contributed by atoms with Gasteiger partial charge in [-0.3, -0.25) is 29.4 Å². The average Bonchev–Trinajstić information content (AvgIpc) is 3.64. The number of piperazine rings is 1. The second kappa shape index (κ2) is 14.2. The molecular formula is C37H43N11O6. The Bertz CT molecular complexity index is 2000. The van der Waals surface area contributed by atoms with E-state index in [2.05, 4.69) is 30.3 Å². The van der Waals surface area contributed by atoms with Crippen LogP contribution in [0.3, 0.4) is 0 Å². The molecule has 3 aromatic rings. The van der Waals surface area contributed by atoms with Gasteiger partial charge in [0.05, 0.1) is 23.4 Å². The van der Waals surface area contributed by atoms with Gasteiger partial charge in [-0.15, -0.1) is 0 Å². The van der Waals surface area contributed by atoms with E-state index < -0.39 is 35.9 Å². The molecule has 6 amide bonds. The lowest BCUT2D eigenvalue weighted by molar-refractivity contribution is -0.136. The smallest absolute Gasteiger partial charge is 0.320 e. The summed E-state index contributed by atoms with van der Waals surface area (Å²) in [6.45, 7) is 5.65. The van der Waals surface area contributed by atoms with Crippen molar-refractivity contribution in [3.63, 3.8) is 0 Å². The zero-order chi connectivity index (χ0) is 37.7. The maximum absolute atomic E-state index is 13.3. The highest BCUT2D eigenvalue weighted by Crippen LogP contribution is 2.32. The number of piperidine rings is 2. The number of fused-ring (bicyclic) bond motifs is 1. The Kier molecular flexibility index (Phi) is 9.27. The number of aliphatic hydroxyl groups excluding tert-OH is 1. The van der Waals surface area contributed by atoms with Crippen LogP contribution in [0, 0.1) is 0 Å². The van der Waals surface area contributed by atoms with Crippen molar-refractivity contribution in [1.82, 2.24) is 30.0 Å². The maximum atomic E-state index is 13.3. The number of likely N-dealkylation sites (N-methyl/N-ethyl adjacent to an activating group) is 1. The number of nitrogens with two attached hydrogens (primary N) is 1. The second-order valence-electron chi connectivity index (χ2n) is 14.4. The number of carbonyl (C=O) groups excluding carboxylic acids is 5. The third-order valence-electron chi connectivity index (χ3n) is 11.0. The lowest BCUT2D eigenvalue weighted by Gasteiger charge is -2.38. The lowest BCUT2D eigenvalue weighted by atomic mass is 10.0. The molecule has 0 radical (unpaired) electrons. The second-order valence-corrected chi connectivity index (χ2v) is 14.4. The Labute approximate surface area is 311 Å². The molecule has 8 rings (SSSR count). The van der Waals surface area contributed by atoms with E-state index in [4.69, 9.17) is 10.7 Å². The average molecular weight is 738 g/mol. The first-order chi connectivity index (χ1) is 26.0. The Morgan fingerprint density at radius 2 is 1.56 bits per heavy atom. The van der Waals surface area contributed by atoms with Crippen molar-refractivity contribution < 1.29 is 29.1 Å². The van der Waals surface area contributed by atoms with Crippen molar-refractivity contribution in [3.8, 4) is 0 Å². The lowest BCUT2D eigenvalue weighted by Crippen LogP contribution is -2.54. The molecule has 4 saturated heterocycles. The summed E-state index contributed by atoms with van der Waals surface area (Å²) in [5, 5.41) is 15.8. The maximum Gasteiger partial charge on any atom is 0.320 e. The molecule has 0 bridgehead atoms. The highest BCUT2D eigenvalue weighted by atomic mass is 16.3. The van der Waals surface area contributed by atoms with Crippen molar-refractivity contribution in [1.29, 1.82) is 0 Å². The minimum Gasteiger partial charge on any atom is -0.373 e. The van der Waals surface area contributed by atoms with Crippen LogP contribution in [-0.2, 0) is 9.59 Å². The predicted octanol–water partition coefficient (Wildman–Crippen LogP) is 1.23. The molecule has 2 aromatic carbocycles. The van der Waals surface area contributed by atoms with Crippen LogP contribution < -0.4 is 31.1 Å².